The number of likely N-dealkylation sites (tertiary alicyclic amines) is 1. The number of aldehydes is 1. The van der Waals surface area contributed by atoms with E-state index in [-0.39, 0.29) is 11.5 Å². The Balaban J connectivity index is 2.55. The molecule has 1 amide bonds. The lowest BCUT2D eigenvalue weighted by molar-refractivity contribution is -0.110. The predicted octanol–water partition coefficient (Wildman–Crippen LogP) is 1.81. The van der Waals surface area contributed by atoms with E-state index in [0.717, 1.165) is 25.7 Å². The third kappa shape index (κ3) is 4.82. The first-order chi connectivity index (χ1) is 8.82. The van der Waals surface area contributed by atoms with Crippen LogP contribution in [0, 0.1) is 5.41 Å². The van der Waals surface area contributed by atoms with Crippen LogP contribution in [0.25, 0.3) is 0 Å². The molecule has 0 aromatic heterocycles. The fourth-order valence-corrected chi connectivity index (χ4v) is 2.49. The van der Waals surface area contributed by atoms with Crippen molar-refractivity contribution in [3.63, 3.8) is 0 Å². The molecule has 0 radical (unpaired) electrons. The quantitative estimate of drug-likeness (QED) is 0.792. The molecule has 0 unspecified atom stereocenters. The molecule has 0 spiro atoms. The summed E-state index contributed by atoms with van der Waals surface area (Å²) in [6.07, 6.45) is 2.96. The van der Waals surface area contributed by atoms with Gasteiger partial charge in [-0.2, -0.15) is 0 Å². The van der Waals surface area contributed by atoms with Gasteiger partial charge in [0.2, 0.25) is 0 Å². The summed E-state index contributed by atoms with van der Waals surface area (Å²) in [7, 11) is 1.90. The van der Waals surface area contributed by atoms with Gasteiger partial charge in [-0.1, -0.05) is 0 Å². The van der Waals surface area contributed by atoms with Crippen LogP contribution in [0.15, 0.2) is 0 Å². The van der Waals surface area contributed by atoms with Crippen molar-refractivity contribution in [1.82, 2.24) is 10.2 Å². The van der Waals surface area contributed by atoms with E-state index in [0.29, 0.717) is 19.5 Å². The summed E-state index contributed by atoms with van der Waals surface area (Å²) < 4.78 is 5.37. The molecule has 1 rings (SSSR count). The molecule has 0 atom stereocenters. The smallest absolute Gasteiger partial charge is 0.410 e. The highest BCUT2D eigenvalue weighted by molar-refractivity contribution is 5.68. The van der Waals surface area contributed by atoms with Crippen LogP contribution in [0.2, 0.25) is 0 Å². The molecule has 1 fully saturated rings. The summed E-state index contributed by atoms with van der Waals surface area (Å²) in [5, 5.41) is 3.15. The maximum atomic E-state index is 12.0. The third-order valence-corrected chi connectivity index (χ3v) is 3.54. The van der Waals surface area contributed by atoms with Crippen molar-refractivity contribution in [2.24, 2.45) is 5.41 Å². The summed E-state index contributed by atoms with van der Waals surface area (Å²) in [6.45, 7) is 7.73. The molecule has 0 bridgehead atoms. The summed E-state index contributed by atoms with van der Waals surface area (Å²) in [4.78, 5) is 24.5. The Morgan fingerprint density at radius 1 is 1.37 bits per heavy atom. The van der Waals surface area contributed by atoms with Crippen LogP contribution in [-0.4, -0.2) is 49.6 Å². The highest BCUT2D eigenvalue weighted by Gasteiger charge is 2.36. The minimum absolute atomic E-state index is 0.00495. The number of nitrogens with one attached hydrogen (secondary N) is 1. The lowest BCUT2D eigenvalue weighted by atomic mass is 9.76. The van der Waals surface area contributed by atoms with Gasteiger partial charge < -0.3 is 19.7 Å². The van der Waals surface area contributed by atoms with Crippen LogP contribution in [0.4, 0.5) is 4.79 Å². The minimum atomic E-state index is -0.459. The molecule has 0 aromatic rings. The summed E-state index contributed by atoms with van der Waals surface area (Å²) in [6, 6.07) is 0. The second kappa shape index (κ2) is 6.37. The van der Waals surface area contributed by atoms with Gasteiger partial charge in [0.25, 0.3) is 0 Å². The van der Waals surface area contributed by atoms with Gasteiger partial charge in [-0.25, -0.2) is 4.79 Å². The largest absolute Gasteiger partial charge is 0.444 e. The maximum Gasteiger partial charge on any atom is 0.410 e. The summed E-state index contributed by atoms with van der Waals surface area (Å²) >= 11 is 0. The van der Waals surface area contributed by atoms with Crippen molar-refractivity contribution in [1.29, 1.82) is 0 Å². The maximum absolute atomic E-state index is 12.0. The molecule has 0 aromatic carbocycles. The van der Waals surface area contributed by atoms with Crippen LogP contribution in [0.5, 0.6) is 0 Å². The van der Waals surface area contributed by atoms with Crippen LogP contribution >= 0.6 is 0 Å². The Bertz CT molecular complexity index is 315. The van der Waals surface area contributed by atoms with Gasteiger partial charge in [0.05, 0.1) is 0 Å². The van der Waals surface area contributed by atoms with E-state index in [1.165, 1.54) is 0 Å². The number of piperidine rings is 1. The topological polar surface area (TPSA) is 58.6 Å². The molecular formula is C14H26N2O3. The Morgan fingerprint density at radius 3 is 2.37 bits per heavy atom. The van der Waals surface area contributed by atoms with Crippen molar-refractivity contribution >= 4 is 12.4 Å². The molecule has 1 heterocycles. The van der Waals surface area contributed by atoms with Gasteiger partial charge >= 0.3 is 6.09 Å². The number of hydrogen-bond acceptors (Lipinski definition) is 4. The van der Waals surface area contributed by atoms with Gasteiger partial charge in [-0.3, -0.25) is 0 Å². The third-order valence-electron chi connectivity index (χ3n) is 3.54. The molecule has 1 aliphatic heterocycles. The molecule has 1 aliphatic rings. The average molecular weight is 270 g/mol. The van der Waals surface area contributed by atoms with Gasteiger partial charge in [-0.05, 0) is 46.1 Å². The molecule has 5 nitrogen and oxygen atoms in total. The Labute approximate surface area is 115 Å². The number of rotatable bonds is 4. The van der Waals surface area contributed by atoms with Crippen molar-refractivity contribution in [2.75, 3.05) is 26.7 Å². The van der Waals surface area contributed by atoms with E-state index < -0.39 is 5.60 Å². The number of ether oxygens (including phenoxy) is 1. The Morgan fingerprint density at radius 2 is 1.95 bits per heavy atom. The molecule has 1 N–H and O–H groups in total. The zero-order valence-electron chi connectivity index (χ0n) is 12.5. The predicted molar refractivity (Wildman–Crippen MR) is 74.1 cm³/mol. The van der Waals surface area contributed by atoms with E-state index in [4.69, 9.17) is 4.74 Å². The van der Waals surface area contributed by atoms with Crippen molar-refractivity contribution in [3.05, 3.63) is 0 Å². The van der Waals surface area contributed by atoms with Gasteiger partial charge in [0.1, 0.15) is 11.9 Å². The van der Waals surface area contributed by atoms with Crippen LogP contribution < -0.4 is 5.32 Å². The fourth-order valence-electron chi connectivity index (χ4n) is 2.49. The van der Waals surface area contributed by atoms with E-state index in [2.05, 4.69) is 5.32 Å². The fraction of sp³-hybridized carbons (Fsp3) is 0.857. The van der Waals surface area contributed by atoms with Gasteiger partial charge in [0, 0.05) is 26.1 Å². The lowest BCUT2D eigenvalue weighted by Crippen LogP contribution is -2.48. The van der Waals surface area contributed by atoms with E-state index in [1.807, 2.05) is 27.8 Å². The summed E-state index contributed by atoms with van der Waals surface area (Å²) in [5.74, 6) is 0. The minimum Gasteiger partial charge on any atom is -0.444 e. The molecular weight excluding hydrogens is 244 g/mol. The molecule has 0 aliphatic carbocycles. The van der Waals surface area contributed by atoms with Gasteiger partial charge in [-0.15, -0.1) is 0 Å². The SMILES string of the molecule is CNCC1(CC=O)CCN(C(=O)OC(C)(C)C)CC1. The second-order valence-corrected chi connectivity index (χ2v) is 6.37. The van der Waals surface area contributed by atoms with Crippen LogP contribution in [0.1, 0.15) is 40.0 Å². The lowest BCUT2D eigenvalue weighted by Gasteiger charge is -2.41. The molecule has 5 heteroatoms. The second-order valence-electron chi connectivity index (χ2n) is 6.37. The Kier molecular flexibility index (Phi) is 5.35. The first-order valence-electron chi connectivity index (χ1n) is 6.88. The van der Waals surface area contributed by atoms with E-state index in [1.54, 1.807) is 4.90 Å². The number of nitrogens with zero attached hydrogens (tertiary/aromatic N) is 1. The molecule has 1 saturated heterocycles. The number of carbonyl (C=O) groups is 2. The van der Waals surface area contributed by atoms with E-state index >= 15 is 0 Å². The molecule has 110 valence electrons. The van der Waals surface area contributed by atoms with Crippen molar-refractivity contribution < 1.29 is 14.3 Å². The average Bonchev–Trinajstić information content (AvgIpc) is 2.28. The van der Waals surface area contributed by atoms with E-state index in [9.17, 15) is 9.59 Å². The normalized spacial score (nSPS) is 19.1. The highest BCUT2D eigenvalue weighted by Crippen LogP contribution is 2.34. The first-order valence-corrected chi connectivity index (χ1v) is 6.88. The molecule has 0 saturated carbocycles. The number of hydrogen-bond donors (Lipinski definition) is 1. The Hall–Kier alpha value is -1.10. The number of carbonyl (C=O) groups excluding carboxylic acids is 2. The zero-order chi connectivity index (χ0) is 14.5. The van der Waals surface area contributed by atoms with Crippen molar-refractivity contribution in [2.45, 2.75) is 45.6 Å². The van der Waals surface area contributed by atoms with Gasteiger partial charge in [0.15, 0.2) is 0 Å². The summed E-state index contributed by atoms with van der Waals surface area (Å²) in [5.41, 5.74) is -0.464. The van der Waals surface area contributed by atoms with Crippen LogP contribution in [-0.2, 0) is 9.53 Å². The monoisotopic (exact) mass is 270 g/mol. The number of amides is 1. The van der Waals surface area contributed by atoms with Crippen molar-refractivity contribution in [3.8, 4) is 0 Å². The standard InChI is InChI=1S/C14H26N2O3/c1-13(2,3)19-12(18)16-8-5-14(6-9-16,7-10-17)11-15-4/h10,15H,5-9,11H2,1-4H3. The highest BCUT2D eigenvalue weighted by atomic mass is 16.6. The van der Waals surface area contributed by atoms with Crippen LogP contribution in [0.3, 0.4) is 0 Å². The molecule has 19 heavy (non-hydrogen) atoms. The zero-order valence-corrected chi connectivity index (χ0v) is 12.5. The first kappa shape index (κ1) is 16.0.